The molecule has 0 aromatic carbocycles. The van der Waals surface area contributed by atoms with E-state index in [0.717, 1.165) is 17.6 Å². The smallest absolute Gasteiger partial charge is 0.0931 e. The van der Waals surface area contributed by atoms with E-state index in [-0.39, 0.29) is 12.4 Å². The summed E-state index contributed by atoms with van der Waals surface area (Å²) >= 11 is 0. The van der Waals surface area contributed by atoms with Crippen molar-refractivity contribution < 1.29 is 16.9 Å². The molecule has 0 aromatic heterocycles. The second kappa shape index (κ2) is 7.38. The summed E-state index contributed by atoms with van der Waals surface area (Å²) in [5, 5.41) is 0. The van der Waals surface area contributed by atoms with Crippen LogP contribution in [0.1, 0.15) is 26.7 Å². The van der Waals surface area contributed by atoms with Crippen molar-refractivity contribution in [3.05, 3.63) is 25.6 Å². The summed E-state index contributed by atoms with van der Waals surface area (Å²) in [7, 11) is 0. The molecule has 0 aliphatic rings. The van der Waals surface area contributed by atoms with Crippen LogP contribution in [0.25, 0.3) is 0 Å². The lowest BCUT2D eigenvalue weighted by Crippen LogP contribution is -3.00. The van der Waals surface area contributed by atoms with E-state index in [9.17, 15) is 0 Å². The van der Waals surface area contributed by atoms with Crippen LogP contribution >= 0.6 is 0 Å². The number of nitrogens with zero attached hydrogens (tertiary/aromatic N) is 1. The predicted molar refractivity (Wildman–Crippen MR) is 51.0 cm³/mol. The molecule has 1 nitrogen and oxygen atoms in total. The van der Waals surface area contributed by atoms with Gasteiger partial charge in [0.25, 0.3) is 0 Å². The molecule has 0 aromatic rings. The molecule has 0 atom stereocenters. The van der Waals surface area contributed by atoms with Gasteiger partial charge in [-0.25, -0.2) is 0 Å². The molecule has 0 heterocycles. The summed E-state index contributed by atoms with van der Waals surface area (Å²) < 4.78 is 0.854. The molecule has 0 N–H and O–H groups in total. The van der Waals surface area contributed by atoms with Crippen molar-refractivity contribution in [1.29, 1.82) is 0 Å². The third-order valence-corrected chi connectivity index (χ3v) is 2.01. The first-order valence-corrected chi connectivity index (χ1v) is 4.38. The zero-order valence-electron chi connectivity index (χ0n) is 8.22. The first kappa shape index (κ1) is 14.3. The third-order valence-electron chi connectivity index (χ3n) is 2.01. The lowest BCUT2D eigenvalue weighted by molar-refractivity contribution is -0.827. The van der Waals surface area contributed by atoms with Gasteiger partial charge in [0.15, 0.2) is 0 Å². The van der Waals surface area contributed by atoms with E-state index >= 15 is 0 Å². The van der Waals surface area contributed by atoms with E-state index in [0.29, 0.717) is 0 Å². The Morgan fingerprint density at radius 1 is 1.00 bits per heavy atom. The van der Waals surface area contributed by atoms with Crippen molar-refractivity contribution >= 4 is 0 Å². The molecule has 0 rings (SSSR count). The van der Waals surface area contributed by atoms with Gasteiger partial charge in [-0.15, -0.1) is 0 Å². The van der Waals surface area contributed by atoms with Crippen molar-refractivity contribution in [3.63, 3.8) is 0 Å². The third kappa shape index (κ3) is 3.93. The van der Waals surface area contributed by atoms with Crippen LogP contribution in [-0.2, 0) is 0 Å². The Morgan fingerprint density at radius 3 is 1.50 bits per heavy atom. The maximum atomic E-state index is 3.84. The molecule has 0 spiro atoms. The standard InChI is InChI=1S/C10H20N.ClH/c1-5-9-11(7-3,8-4)10-6-2;/h7-8H,3-6,9-10H2,1-2H3;1H/q+1;/p-1. The van der Waals surface area contributed by atoms with Crippen LogP contribution in [0.5, 0.6) is 0 Å². The van der Waals surface area contributed by atoms with Crippen LogP contribution in [-0.4, -0.2) is 17.6 Å². The van der Waals surface area contributed by atoms with Crippen LogP contribution in [0.4, 0.5) is 0 Å². The summed E-state index contributed by atoms with van der Waals surface area (Å²) in [6.07, 6.45) is 6.33. The zero-order chi connectivity index (χ0) is 8.74. The molecule has 2 heteroatoms. The SMILES string of the molecule is C=C[N+](C=C)(CCC)CCC.[Cl-]. The van der Waals surface area contributed by atoms with E-state index in [1.165, 1.54) is 12.8 Å². The Balaban J connectivity index is 0. The average molecular weight is 190 g/mol. The predicted octanol–water partition coefficient (Wildman–Crippen LogP) is -0.0858. The first-order chi connectivity index (χ1) is 5.24. The molecule has 12 heavy (non-hydrogen) atoms. The number of rotatable bonds is 6. The van der Waals surface area contributed by atoms with Crippen LogP contribution < -0.4 is 12.4 Å². The van der Waals surface area contributed by atoms with Gasteiger partial charge in [-0.05, 0) is 26.0 Å². The fourth-order valence-electron chi connectivity index (χ4n) is 1.38. The minimum Gasteiger partial charge on any atom is -1.00 e. The highest BCUT2D eigenvalue weighted by atomic mass is 35.5. The van der Waals surface area contributed by atoms with Crippen molar-refractivity contribution in [3.8, 4) is 0 Å². The average Bonchev–Trinajstić information content (AvgIpc) is 2.04. The Labute approximate surface area is 82.8 Å². The van der Waals surface area contributed by atoms with Crippen molar-refractivity contribution in [2.24, 2.45) is 0 Å². The van der Waals surface area contributed by atoms with Gasteiger partial charge in [-0.2, -0.15) is 0 Å². The van der Waals surface area contributed by atoms with Crippen molar-refractivity contribution in [2.75, 3.05) is 13.1 Å². The number of quaternary nitrogens is 1. The molecule has 0 fully saturated rings. The lowest BCUT2D eigenvalue weighted by atomic mass is 10.3. The minimum atomic E-state index is 0. The molecular formula is C10H20ClN. The minimum absolute atomic E-state index is 0. The largest absolute Gasteiger partial charge is 1.00 e. The summed E-state index contributed by atoms with van der Waals surface area (Å²) in [5.41, 5.74) is 0. The molecule has 0 radical (unpaired) electrons. The van der Waals surface area contributed by atoms with Crippen LogP contribution in [0.15, 0.2) is 25.6 Å². The van der Waals surface area contributed by atoms with Gasteiger partial charge < -0.3 is 12.4 Å². The summed E-state index contributed by atoms with van der Waals surface area (Å²) in [5.74, 6) is 0. The molecule has 0 aliphatic heterocycles. The van der Waals surface area contributed by atoms with Crippen LogP contribution in [0.2, 0.25) is 0 Å². The first-order valence-electron chi connectivity index (χ1n) is 4.38. The van der Waals surface area contributed by atoms with Gasteiger partial charge in [0.2, 0.25) is 0 Å². The second-order valence-corrected chi connectivity index (χ2v) is 2.92. The van der Waals surface area contributed by atoms with Crippen molar-refractivity contribution in [2.45, 2.75) is 26.7 Å². The maximum absolute atomic E-state index is 3.84. The lowest BCUT2D eigenvalue weighted by Gasteiger charge is -2.29. The molecule has 0 unspecified atom stereocenters. The Kier molecular flexibility index (Phi) is 8.78. The zero-order valence-corrected chi connectivity index (χ0v) is 8.98. The van der Waals surface area contributed by atoms with E-state index in [1.54, 1.807) is 0 Å². The van der Waals surface area contributed by atoms with E-state index in [1.807, 2.05) is 12.4 Å². The number of halogens is 1. The molecule has 0 amide bonds. The Morgan fingerprint density at radius 2 is 1.33 bits per heavy atom. The summed E-state index contributed by atoms with van der Waals surface area (Å²) in [4.78, 5) is 0. The molecule has 0 aliphatic carbocycles. The van der Waals surface area contributed by atoms with Crippen LogP contribution in [0, 0.1) is 0 Å². The van der Waals surface area contributed by atoms with Gasteiger partial charge >= 0.3 is 0 Å². The van der Waals surface area contributed by atoms with Gasteiger partial charge in [0.05, 0.1) is 25.5 Å². The Bertz CT molecular complexity index is 116. The van der Waals surface area contributed by atoms with Crippen LogP contribution in [0.3, 0.4) is 0 Å². The molecular weight excluding hydrogens is 170 g/mol. The highest BCUT2D eigenvalue weighted by Gasteiger charge is 2.16. The molecule has 0 saturated carbocycles. The normalized spacial score (nSPS) is 10.2. The quantitative estimate of drug-likeness (QED) is 0.513. The molecule has 0 saturated heterocycles. The molecule has 72 valence electrons. The summed E-state index contributed by atoms with van der Waals surface area (Å²) in [6, 6.07) is 0. The monoisotopic (exact) mass is 189 g/mol. The van der Waals surface area contributed by atoms with Gasteiger partial charge in [0, 0.05) is 0 Å². The summed E-state index contributed by atoms with van der Waals surface area (Å²) in [6.45, 7) is 14.3. The maximum Gasteiger partial charge on any atom is 0.0931 e. The number of hydrogen-bond acceptors (Lipinski definition) is 0. The number of hydrogen-bond donors (Lipinski definition) is 0. The van der Waals surface area contributed by atoms with E-state index < -0.39 is 0 Å². The molecule has 0 bridgehead atoms. The fourth-order valence-corrected chi connectivity index (χ4v) is 1.38. The topological polar surface area (TPSA) is 0 Å². The van der Waals surface area contributed by atoms with Gasteiger partial charge in [-0.3, -0.25) is 4.48 Å². The highest BCUT2D eigenvalue weighted by Crippen LogP contribution is 2.10. The van der Waals surface area contributed by atoms with Gasteiger partial charge in [0.1, 0.15) is 0 Å². The Hall–Kier alpha value is -0.270. The van der Waals surface area contributed by atoms with Crippen molar-refractivity contribution in [1.82, 2.24) is 0 Å². The van der Waals surface area contributed by atoms with E-state index in [2.05, 4.69) is 27.0 Å². The second-order valence-electron chi connectivity index (χ2n) is 2.92. The highest BCUT2D eigenvalue weighted by molar-refractivity contribution is 4.66. The fraction of sp³-hybridized carbons (Fsp3) is 0.600. The van der Waals surface area contributed by atoms with E-state index in [4.69, 9.17) is 0 Å². The van der Waals surface area contributed by atoms with Gasteiger partial charge in [-0.1, -0.05) is 13.8 Å².